The Morgan fingerprint density at radius 2 is 2.13 bits per heavy atom. The summed E-state index contributed by atoms with van der Waals surface area (Å²) in [6.07, 6.45) is 0.704. The summed E-state index contributed by atoms with van der Waals surface area (Å²) in [6.45, 7) is 1.93. The van der Waals surface area contributed by atoms with Crippen molar-refractivity contribution in [1.29, 1.82) is 0 Å². The van der Waals surface area contributed by atoms with Gasteiger partial charge in [-0.25, -0.2) is 4.79 Å². The first-order chi connectivity index (χ1) is 11.0. The fraction of sp³-hybridized carbons (Fsp3) is 0.118. The summed E-state index contributed by atoms with van der Waals surface area (Å²) in [4.78, 5) is 27.6. The molecule has 0 aliphatic heterocycles. The minimum atomic E-state index is -1.25. The summed E-state index contributed by atoms with van der Waals surface area (Å²) >= 11 is 0. The van der Waals surface area contributed by atoms with Crippen LogP contribution < -0.4 is 11.2 Å². The first-order valence-electron chi connectivity index (χ1n) is 6.90. The number of pyridine rings is 1. The number of hydrogen-bond acceptors (Lipinski definition) is 5. The Labute approximate surface area is 130 Å². The number of nitrogen functional groups attached to an aromatic ring is 1. The van der Waals surface area contributed by atoms with Gasteiger partial charge in [0.05, 0.1) is 10.8 Å². The van der Waals surface area contributed by atoms with E-state index in [1.807, 2.05) is 6.92 Å². The molecule has 23 heavy (non-hydrogen) atoms. The van der Waals surface area contributed by atoms with Crippen LogP contribution in [0.15, 0.2) is 33.5 Å². The number of rotatable bonds is 1. The highest BCUT2D eigenvalue weighted by molar-refractivity contribution is 5.98. The van der Waals surface area contributed by atoms with Gasteiger partial charge in [-0.3, -0.25) is 4.79 Å². The second-order valence-electron chi connectivity index (χ2n) is 4.88. The van der Waals surface area contributed by atoms with Crippen molar-refractivity contribution in [3.8, 4) is 11.8 Å². The Kier molecular flexibility index (Phi) is 3.47. The first kappa shape index (κ1) is 14.6. The Hall–Kier alpha value is -3.33. The molecule has 3 N–H and O–H groups in total. The van der Waals surface area contributed by atoms with E-state index in [1.54, 1.807) is 18.2 Å². The number of nitrogens with zero attached hydrogens (tertiary/aromatic N) is 1. The minimum absolute atomic E-state index is 0.0115. The predicted octanol–water partition coefficient (Wildman–Crippen LogP) is 2.38. The average Bonchev–Trinajstić information content (AvgIpc) is 2.52. The third-order valence-electron chi connectivity index (χ3n) is 3.33. The Morgan fingerprint density at radius 3 is 2.83 bits per heavy atom. The average molecular weight is 308 g/mol. The maximum absolute atomic E-state index is 12.6. The molecule has 2 heterocycles. The number of carboxylic acid groups (broad SMARTS) is 1. The topological polar surface area (TPSA) is 106 Å². The van der Waals surface area contributed by atoms with Crippen molar-refractivity contribution in [2.24, 2.45) is 0 Å². The van der Waals surface area contributed by atoms with Crippen LogP contribution >= 0.6 is 0 Å². The molecule has 0 aliphatic rings. The van der Waals surface area contributed by atoms with Gasteiger partial charge in [-0.15, -0.1) is 0 Å². The minimum Gasteiger partial charge on any atom is -0.478 e. The van der Waals surface area contributed by atoms with Gasteiger partial charge in [0.15, 0.2) is 0 Å². The lowest BCUT2D eigenvalue weighted by atomic mass is 10.1. The first-order valence-corrected chi connectivity index (χ1v) is 6.90. The number of hydrogen-bond donors (Lipinski definition) is 2. The molecule has 0 unspecified atom stereocenters. The van der Waals surface area contributed by atoms with E-state index in [4.69, 9.17) is 15.3 Å². The number of carbonyl (C=O) groups is 1. The highest BCUT2D eigenvalue weighted by Gasteiger charge is 2.16. The van der Waals surface area contributed by atoms with Crippen LogP contribution in [-0.2, 0) is 0 Å². The van der Waals surface area contributed by atoms with Crippen LogP contribution in [0.2, 0.25) is 0 Å². The second-order valence-corrected chi connectivity index (χ2v) is 4.88. The van der Waals surface area contributed by atoms with E-state index in [0.717, 1.165) is 0 Å². The summed E-state index contributed by atoms with van der Waals surface area (Å²) in [7, 11) is 0. The standard InChI is InChI=1S/C17H12N2O4/c1-2-3-4-9-5-6-13-10(7-9)14(20)11-8-12(17(21)22)15(18)19-16(11)23-13/h5-8H,2H2,1H3,(H2,18,19)(H,21,22). The van der Waals surface area contributed by atoms with Crippen LogP contribution in [0.1, 0.15) is 29.3 Å². The van der Waals surface area contributed by atoms with E-state index in [0.29, 0.717) is 23.0 Å². The Balaban J connectivity index is 2.37. The fourth-order valence-electron chi connectivity index (χ4n) is 2.24. The number of aromatic carboxylic acids is 1. The molecule has 114 valence electrons. The zero-order valence-electron chi connectivity index (χ0n) is 12.2. The van der Waals surface area contributed by atoms with Gasteiger partial charge in [0.1, 0.15) is 17.0 Å². The molecule has 3 rings (SSSR count). The number of anilines is 1. The lowest BCUT2D eigenvalue weighted by Gasteiger charge is -2.04. The maximum atomic E-state index is 12.6. The smallest absolute Gasteiger partial charge is 0.339 e. The van der Waals surface area contributed by atoms with E-state index in [9.17, 15) is 9.59 Å². The number of nitrogens with two attached hydrogens (primary N) is 1. The van der Waals surface area contributed by atoms with Gasteiger partial charge in [0.2, 0.25) is 11.1 Å². The normalized spacial score (nSPS) is 10.5. The van der Waals surface area contributed by atoms with E-state index >= 15 is 0 Å². The monoisotopic (exact) mass is 308 g/mol. The molecule has 0 saturated heterocycles. The van der Waals surface area contributed by atoms with Crippen LogP contribution in [0.25, 0.3) is 22.1 Å². The van der Waals surface area contributed by atoms with E-state index in [1.165, 1.54) is 6.07 Å². The highest BCUT2D eigenvalue weighted by Crippen LogP contribution is 2.21. The number of aromatic nitrogens is 1. The van der Waals surface area contributed by atoms with E-state index in [2.05, 4.69) is 16.8 Å². The molecular formula is C17H12N2O4. The van der Waals surface area contributed by atoms with Crippen molar-refractivity contribution < 1.29 is 14.3 Å². The zero-order valence-corrected chi connectivity index (χ0v) is 12.2. The van der Waals surface area contributed by atoms with Crippen LogP contribution in [0.5, 0.6) is 0 Å². The molecule has 0 aliphatic carbocycles. The van der Waals surface area contributed by atoms with Crippen LogP contribution in [0.4, 0.5) is 5.82 Å². The molecule has 6 heteroatoms. The number of benzene rings is 1. The van der Waals surface area contributed by atoms with Crippen molar-refractivity contribution >= 4 is 33.9 Å². The van der Waals surface area contributed by atoms with Crippen LogP contribution in [0.3, 0.4) is 0 Å². The van der Waals surface area contributed by atoms with Crippen molar-refractivity contribution in [3.05, 3.63) is 45.6 Å². The van der Waals surface area contributed by atoms with Gasteiger partial charge in [0.25, 0.3) is 0 Å². The van der Waals surface area contributed by atoms with Crippen molar-refractivity contribution in [2.75, 3.05) is 5.73 Å². The summed E-state index contributed by atoms with van der Waals surface area (Å²) < 4.78 is 5.57. The number of fused-ring (bicyclic) bond motifs is 2. The number of carboxylic acids is 1. The molecule has 0 spiro atoms. The van der Waals surface area contributed by atoms with Gasteiger partial charge in [-0.05, 0) is 24.3 Å². The molecule has 2 aromatic heterocycles. The van der Waals surface area contributed by atoms with Crippen molar-refractivity contribution in [3.63, 3.8) is 0 Å². The molecule has 0 atom stereocenters. The molecule has 3 aromatic rings. The Morgan fingerprint density at radius 1 is 1.35 bits per heavy atom. The van der Waals surface area contributed by atoms with Crippen LogP contribution in [0, 0.1) is 11.8 Å². The second kappa shape index (κ2) is 5.46. The van der Waals surface area contributed by atoms with E-state index < -0.39 is 5.97 Å². The van der Waals surface area contributed by atoms with Crippen molar-refractivity contribution in [1.82, 2.24) is 4.98 Å². The lowest BCUT2D eigenvalue weighted by molar-refractivity contribution is 0.0698. The molecule has 6 nitrogen and oxygen atoms in total. The third kappa shape index (κ3) is 2.49. The molecule has 0 fully saturated rings. The molecule has 1 aromatic carbocycles. The fourth-order valence-corrected chi connectivity index (χ4v) is 2.24. The third-order valence-corrected chi connectivity index (χ3v) is 3.33. The lowest BCUT2D eigenvalue weighted by Crippen LogP contribution is -2.09. The summed E-state index contributed by atoms with van der Waals surface area (Å²) in [5.74, 6) is 4.42. The van der Waals surface area contributed by atoms with Gasteiger partial charge < -0.3 is 15.3 Å². The largest absolute Gasteiger partial charge is 0.478 e. The summed E-state index contributed by atoms with van der Waals surface area (Å²) in [5, 5.41) is 9.50. The van der Waals surface area contributed by atoms with Crippen molar-refractivity contribution in [2.45, 2.75) is 13.3 Å². The molecule has 0 radical (unpaired) electrons. The quantitative estimate of drug-likeness (QED) is 0.528. The van der Waals surface area contributed by atoms with Crippen LogP contribution in [-0.4, -0.2) is 16.1 Å². The molecular weight excluding hydrogens is 296 g/mol. The highest BCUT2D eigenvalue weighted by atomic mass is 16.4. The predicted molar refractivity (Wildman–Crippen MR) is 86.3 cm³/mol. The Bertz CT molecular complexity index is 1070. The summed E-state index contributed by atoms with van der Waals surface area (Å²) in [6, 6.07) is 6.20. The van der Waals surface area contributed by atoms with Gasteiger partial charge in [-0.2, -0.15) is 4.98 Å². The summed E-state index contributed by atoms with van der Waals surface area (Å²) in [5.41, 5.74) is 6.04. The van der Waals surface area contributed by atoms with E-state index in [-0.39, 0.29) is 27.9 Å². The molecule has 0 bridgehead atoms. The van der Waals surface area contributed by atoms with Gasteiger partial charge in [-0.1, -0.05) is 18.8 Å². The molecule has 0 saturated carbocycles. The SMILES string of the molecule is CCC#Cc1ccc2oc3nc(N)c(C(=O)O)cc3c(=O)c2c1. The van der Waals surface area contributed by atoms with Gasteiger partial charge in [0, 0.05) is 12.0 Å². The maximum Gasteiger partial charge on any atom is 0.339 e. The zero-order chi connectivity index (χ0) is 16.6. The molecule has 0 amide bonds. The van der Waals surface area contributed by atoms with Gasteiger partial charge >= 0.3 is 5.97 Å².